The number of rotatable bonds is 2. The van der Waals surface area contributed by atoms with Crippen molar-refractivity contribution in [3.63, 3.8) is 0 Å². The molecule has 94 valence electrons. The number of carbonyl (C=O) groups is 1. The van der Waals surface area contributed by atoms with Gasteiger partial charge in [-0.05, 0) is 0 Å². The van der Waals surface area contributed by atoms with Gasteiger partial charge in [-0.2, -0.15) is 4.31 Å². The maximum Gasteiger partial charge on any atom is 0.262 e. The van der Waals surface area contributed by atoms with Crippen LogP contribution in [0.2, 0.25) is 0 Å². The molecular formula is C10H15N3O3S. The standard InChI is InChI=1S/C10H15N3O3S/c1-8-5-13(4-3-9(8)14)17(15,16)10-6-12(2)7-11-10/h6-8H,3-5H2,1-2H3. The third kappa shape index (κ3) is 2.25. The Labute approximate surface area is 100 Å². The molecule has 2 heterocycles. The van der Waals surface area contributed by atoms with Crippen molar-refractivity contribution in [2.45, 2.75) is 18.4 Å². The van der Waals surface area contributed by atoms with E-state index in [9.17, 15) is 13.2 Å². The molecule has 1 unspecified atom stereocenters. The molecule has 17 heavy (non-hydrogen) atoms. The average molecular weight is 257 g/mol. The summed E-state index contributed by atoms with van der Waals surface area (Å²) in [5.41, 5.74) is 0. The summed E-state index contributed by atoms with van der Waals surface area (Å²) >= 11 is 0. The molecule has 0 aromatic carbocycles. The zero-order valence-electron chi connectivity index (χ0n) is 9.83. The monoisotopic (exact) mass is 257 g/mol. The lowest BCUT2D eigenvalue weighted by atomic mass is 10.0. The van der Waals surface area contributed by atoms with Crippen LogP contribution < -0.4 is 0 Å². The molecule has 2 rings (SSSR count). The van der Waals surface area contributed by atoms with Crippen molar-refractivity contribution in [1.82, 2.24) is 13.9 Å². The average Bonchev–Trinajstić information content (AvgIpc) is 2.69. The van der Waals surface area contributed by atoms with Crippen LogP contribution in [0.3, 0.4) is 0 Å². The first-order chi connectivity index (χ1) is 7.91. The Hall–Kier alpha value is -1.21. The van der Waals surface area contributed by atoms with Crippen molar-refractivity contribution in [2.75, 3.05) is 13.1 Å². The van der Waals surface area contributed by atoms with Gasteiger partial charge in [0.05, 0.1) is 6.33 Å². The van der Waals surface area contributed by atoms with Crippen LogP contribution in [0.15, 0.2) is 17.6 Å². The lowest BCUT2D eigenvalue weighted by Gasteiger charge is -2.28. The molecule has 0 aliphatic carbocycles. The third-order valence-electron chi connectivity index (χ3n) is 2.92. The second-order valence-corrected chi connectivity index (χ2v) is 6.24. The highest BCUT2D eigenvalue weighted by Crippen LogP contribution is 2.20. The fourth-order valence-corrected chi connectivity index (χ4v) is 3.35. The van der Waals surface area contributed by atoms with E-state index in [1.807, 2.05) is 0 Å². The van der Waals surface area contributed by atoms with Gasteiger partial charge in [-0.15, -0.1) is 0 Å². The topological polar surface area (TPSA) is 72.3 Å². The van der Waals surface area contributed by atoms with Crippen LogP contribution in [0.25, 0.3) is 0 Å². The number of hydrogen-bond acceptors (Lipinski definition) is 4. The number of piperidine rings is 1. The summed E-state index contributed by atoms with van der Waals surface area (Å²) in [5.74, 6) is -0.111. The minimum atomic E-state index is -3.55. The van der Waals surface area contributed by atoms with Gasteiger partial charge < -0.3 is 4.57 Å². The summed E-state index contributed by atoms with van der Waals surface area (Å²) in [6.07, 6.45) is 3.20. The number of hydrogen-bond donors (Lipinski definition) is 0. The minimum absolute atomic E-state index is 0.0431. The van der Waals surface area contributed by atoms with Gasteiger partial charge in [0.1, 0.15) is 5.78 Å². The molecule has 0 amide bonds. The minimum Gasteiger partial charge on any atom is -0.339 e. The normalized spacial score (nSPS) is 22.9. The van der Waals surface area contributed by atoms with Crippen LogP contribution in [-0.2, 0) is 21.9 Å². The van der Waals surface area contributed by atoms with Crippen molar-refractivity contribution < 1.29 is 13.2 Å². The Morgan fingerprint density at radius 3 is 2.71 bits per heavy atom. The second kappa shape index (κ2) is 4.23. The number of carbonyl (C=O) groups excluding carboxylic acids is 1. The summed E-state index contributed by atoms with van der Waals surface area (Å²) in [5, 5.41) is 0.0431. The zero-order chi connectivity index (χ0) is 12.6. The molecule has 7 heteroatoms. The van der Waals surface area contributed by atoms with E-state index in [2.05, 4.69) is 4.98 Å². The van der Waals surface area contributed by atoms with Crippen LogP contribution in [0.1, 0.15) is 13.3 Å². The van der Waals surface area contributed by atoms with Crippen molar-refractivity contribution in [1.29, 1.82) is 0 Å². The third-order valence-corrected chi connectivity index (χ3v) is 4.67. The number of aryl methyl sites for hydroxylation is 1. The largest absolute Gasteiger partial charge is 0.339 e. The van der Waals surface area contributed by atoms with E-state index in [4.69, 9.17) is 0 Å². The lowest BCUT2D eigenvalue weighted by Crippen LogP contribution is -2.43. The van der Waals surface area contributed by atoms with Crippen molar-refractivity contribution in [2.24, 2.45) is 13.0 Å². The lowest BCUT2D eigenvalue weighted by molar-refractivity contribution is -0.124. The number of Topliss-reactive ketones (excluding diaryl/α,β-unsaturated/α-hetero) is 1. The van der Waals surface area contributed by atoms with Gasteiger partial charge >= 0.3 is 0 Å². The number of aromatic nitrogens is 2. The fraction of sp³-hybridized carbons (Fsp3) is 0.600. The molecule has 0 bridgehead atoms. The molecule has 6 nitrogen and oxygen atoms in total. The van der Waals surface area contributed by atoms with Crippen LogP contribution in [0.4, 0.5) is 0 Å². The summed E-state index contributed by atoms with van der Waals surface area (Å²) < 4.78 is 27.3. The molecule has 1 fully saturated rings. The number of imidazole rings is 1. The van der Waals surface area contributed by atoms with E-state index in [1.165, 1.54) is 16.8 Å². The molecule has 1 aromatic heterocycles. The number of ketones is 1. The van der Waals surface area contributed by atoms with Gasteiger partial charge in [-0.25, -0.2) is 13.4 Å². The molecule has 1 saturated heterocycles. The van der Waals surface area contributed by atoms with Crippen LogP contribution >= 0.6 is 0 Å². The summed E-state index contributed by atoms with van der Waals surface area (Å²) in [7, 11) is -1.83. The predicted octanol–water partition coefficient (Wildman–Crippen LogP) is 0.0197. The van der Waals surface area contributed by atoms with E-state index < -0.39 is 10.0 Å². The number of sulfonamides is 1. The summed E-state index contributed by atoms with van der Waals surface area (Å²) in [6, 6.07) is 0. The molecule has 0 saturated carbocycles. The van der Waals surface area contributed by atoms with Crippen molar-refractivity contribution in [3.8, 4) is 0 Å². The van der Waals surface area contributed by atoms with E-state index in [-0.39, 0.29) is 36.2 Å². The highest BCUT2D eigenvalue weighted by Gasteiger charge is 2.33. The zero-order valence-corrected chi connectivity index (χ0v) is 10.6. The van der Waals surface area contributed by atoms with Crippen LogP contribution in [0, 0.1) is 5.92 Å². The molecule has 1 aliphatic heterocycles. The van der Waals surface area contributed by atoms with Gasteiger partial charge in [0, 0.05) is 38.7 Å². The predicted molar refractivity (Wildman–Crippen MR) is 60.8 cm³/mol. The Bertz CT molecular complexity index is 535. The van der Waals surface area contributed by atoms with E-state index >= 15 is 0 Å². The van der Waals surface area contributed by atoms with E-state index in [1.54, 1.807) is 18.5 Å². The Balaban J connectivity index is 2.25. The highest BCUT2D eigenvalue weighted by atomic mass is 32.2. The first kappa shape index (κ1) is 12.3. The number of nitrogens with zero attached hydrogens (tertiary/aromatic N) is 3. The SMILES string of the molecule is CC1CN(S(=O)(=O)c2cn(C)cn2)CCC1=O. The quantitative estimate of drug-likeness (QED) is 0.748. The first-order valence-corrected chi connectivity index (χ1v) is 6.86. The van der Waals surface area contributed by atoms with Gasteiger partial charge in [0.25, 0.3) is 10.0 Å². The molecular weight excluding hydrogens is 242 g/mol. The molecule has 1 atom stereocenters. The maximum absolute atomic E-state index is 12.2. The summed E-state index contributed by atoms with van der Waals surface area (Å²) in [6.45, 7) is 2.25. The Morgan fingerprint density at radius 1 is 1.47 bits per heavy atom. The van der Waals surface area contributed by atoms with E-state index in [0.29, 0.717) is 0 Å². The maximum atomic E-state index is 12.2. The fourth-order valence-electron chi connectivity index (χ4n) is 1.85. The van der Waals surface area contributed by atoms with Crippen LogP contribution in [-0.4, -0.2) is 41.1 Å². The first-order valence-electron chi connectivity index (χ1n) is 5.42. The van der Waals surface area contributed by atoms with Crippen molar-refractivity contribution >= 4 is 15.8 Å². The Kier molecular flexibility index (Phi) is 3.05. The smallest absolute Gasteiger partial charge is 0.262 e. The molecule has 0 N–H and O–H groups in total. The Morgan fingerprint density at radius 2 is 2.18 bits per heavy atom. The summed E-state index contributed by atoms with van der Waals surface area (Å²) in [4.78, 5) is 15.2. The van der Waals surface area contributed by atoms with Gasteiger partial charge in [-0.1, -0.05) is 6.92 Å². The van der Waals surface area contributed by atoms with E-state index in [0.717, 1.165) is 0 Å². The van der Waals surface area contributed by atoms with Gasteiger partial charge in [0.2, 0.25) is 0 Å². The molecule has 1 aliphatic rings. The van der Waals surface area contributed by atoms with Crippen LogP contribution in [0.5, 0.6) is 0 Å². The second-order valence-electron chi connectivity index (χ2n) is 4.36. The van der Waals surface area contributed by atoms with Crippen molar-refractivity contribution in [3.05, 3.63) is 12.5 Å². The molecule has 0 radical (unpaired) electrons. The highest BCUT2D eigenvalue weighted by molar-refractivity contribution is 7.89. The molecule has 0 spiro atoms. The van der Waals surface area contributed by atoms with Gasteiger partial charge in [-0.3, -0.25) is 4.79 Å². The van der Waals surface area contributed by atoms with Gasteiger partial charge in [0.15, 0.2) is 5.03 Å². The molecule has 1 aromatic rings.